The number of carbonyl (C=O) groups excluding carboxylic acids is 1. The topological polar surface area (TPSA) is 65.0 Å². The molecule has 0 spiro atoms. The van der Waals surface area contributed by atoms with Crippen LogP contribution in [-0.2, 0) is 19.0 Å². The Morgan fingerprint density at radius 3 is 2.74 bits per heavy atom. The first-order valence-electron chi connectivity index (χ1n) is 8.66. The van der Waals surface area contributed by atoms with E-state index in [0.717, 1.165) is 0 Å². The van der Waals surface area contributed by atoms with Crippen LogP contribution in [0.2, 0.25) is 0 Å². The number of methoxy groups -OCH3 is 1. The maximum Gasteiger partial charge on any atom is 0.440 e. The van der Waals surface area contributed by atoms with Crippen molar-refractivity contribution in [1.82, 2.24) is 0 Å². The van der Waals surface area contributed by atoms with Gasteiger partial charge in [0.25, 0.3) is 6.29 Å². The van der Waals surface area contributed by atoms with Crippen LogP contribution < -0.4 is 0 Å². The van der Waals surface area contributed by atoms with Crippen LogP contribution >= 0.6 is 0 Å². The fourth-order valence-electron chi connectivity index (χ4n) is 2.86. The quantitative estimate of drug-likeness (QED) is 0.429. The van der Waals surface area contributed by atoms with Gasteiger partial charge in [-0.25, -0.2) is 0 Å². The van der Waals surface area contributed by atoms with Crippen LogP contribution in [0.1, 0.15) is 37.4 Å². The molecule has 27 heavy (non-hydrogen) atoms. The second-order valence-electron chi connectivity index (χ2n) is 6.26. The average Bonchev–Trinajstić information content (AvgIpc) is 2.64. The van der Waals surface area contributed by atoms with E-state index in [4.69, 9.17) is 9.47 Å². The largest absolute Gasteiger partial charge is 0.508 e. The number of phenols is 1. The summed E-state index contributed by atoms with van der Waals surface area (Å²) in [4.78, 5) is 11.0. The van der Waals surface area contributed by atoms with Gasteiger partial charge in [-0.05, 0) is 25.3 Å². The maximum atomic E-state index is 13.0. The van der Waals surface area contributed by atoms with Crippen molar-refractivity contribution in [2.24, 2.45) is 5.92 Å². The number of halogens is 3. The van der Waals surface area contributed by atoms with E-state index in [-0.39, 0.29) is 24.2 Å². The molecular formula is C19H23F3O5. The minimum Gasteiger partial charge on any atom is -0.508 e. The SMILES string of the molecule is COC(=O)CCC/C=C\CC1COC(C(F)(F)F)OC1c1ccccc1O. The summed E-state index contributed by atoms with van der Waals surface area (Å²) in [6, 6.07) is 6.19. The number of benzene rings is 1. The number of alkyl halides is 3. The summed E-state index contributed by atoms with van der Waals surface area (Å²) in [5.74, 6) is -0.776. The Morgan fingerprint density at radius 2 is 2.07 bits per heavy atom. The predicted molar refractivity (Wildman–Crippen MR) is 90.8 cm³/mol. The van der Waals surface area contributed by atoms with Crippen molar-refractivity contribution in [3.05, 3.63) is 42.0 Å². The van der Waals surface area contributed by atoms with E-state index in [1.807, 2.05) is 12.2 Å². The molecule has 1 heterocycles. The van der Waals surface area contributed by atoms with Gasteiger partial charge >= 0.3 is 12.1 Å². The second-order valence-corrected chi connectivity index (χ2v) is 6.26. The lowest BCUT2D eigenvalue weighted by atomic mass is 9.91. The van der Waals surface area contributed by atoms with Gasteiger partial charge < -0.3 is 19.3 Å². The van der Waals surface area contributed by atoms with Crippen molar-refractivity contribution >= 4 is 5.97 Å². The molecular weight excluding hydrogens is 365 g/mol. The summed E-state index contributed by atoms with van der Waals surface area (Å²) < 4.78 is 53.5. The standard InChI is InChI=1S/C19H23F3O5/c1-25-16(24)11-5-3-2-4-8-13-12-26-18(19(20,21)22)27-17(13)14-9-6-7-10-15(14)23/h2,4,6-7,9-10,13,17-18,23H,3,5,8,11-12H2,1H3/b4-2-. The normalized spacial score (nSPS) is 23.5. The van der Waals surface area contributed by atoms with Crippen LogP contribution in [0.4, 0.5) is 13.2 Å². The van der Waals surface area contributed by atoms with Gasteiger partial charge in [0.15, 0.2) is 0 Å². The van der Waals surface area contributed by atoms with Crippen LogP contribution in [0, 0.1) is 5.92 Å². The summed E-state index contributed by atoms with van der Waals surface area (Å²) >= 11 is 0. The zero-order valence-corrected chi connectivity index (χ0v) is 14.9. The molecule has 8 heteroatoms. The molecule has 150 valence electrons. The van der Waals surface area contributed by atoms with E-state index in [1.54, 1.807) is 18.2 Å². The van der Waals surface area contributed by atoms with Crippen molar-refractivity contribution in [1.29, 1.82) is 0 Å². The molecule has 1 aliphatic heterocycles. The molecule has 0 aromatic heterocycles. The average molecular weight is 388 g/mol. The third-order valence-electron chi connectivity index (χ3n) is 4.26. The molecule has 0 radical (unpaired) electrons. The Labute approximate surface area is 155 Å². The molecule has 2 rings (SSSR count). The minimum atomic E-state index is -4.64. The van der Waals surface area contributed by atoms with E-state index in [9.17, 15) is 23.1 Å². The molecule has 3 unspecified atom stereocenters. The summed E-state index contributed by atoms with van der Waals surface area (Å²) in [6.45, 7) is -0.143. The number of aromatic hydroxyl groups is 1. The van der Waals surface area contributed by atoms with Gasteiger partial charge in [0, 0.05) is 17.9 Å². The molecule has 3 atom stereocenters. The highest BCUT2D eigenvalue weighted by molar-refractivity contribution is 5.69. The van der Waals surface area contributed by atoms with Gasteiger partial charge in [0.1, 0.15) is 5.75 Å². The lowest BCUT2D eigenvalue weighted by Crippen LogP contribution is -2.43. The van der Waals surface area contributed by atoms with E-state index in [0.29, 0.717) is 31.2 Å². The van der Waals surface area contributed by atoms with Gasteiger partial charge in [-0.1, -0.05) is 30.4 Å². The van der Waals surface area contributed by atoms with Crippen molar-refractivity contribution < 1.29 is 37.3 Å². The Kier molecular flexibility index (Phi) is 7.67. The van der Waals surface area contributed by atoms with Crippen molar-refractivity contribution in [2.75, 3.05) is 13.7 Å². The highest BCUT2D eigenvalue weighted by atomic mass is 19.4. The fraction of sp³-hybridized carbons (Fsp3) is 0.526. The number of allylic oxidation sites excluding steroid dienone is 2. The van der Waals surface area contributed by atoms with Gasteiger partial charge in [-0.2, -0.15) is 13.2 Å². The molecule has 0 saturated carbocycles. The highest BCUT2D eigenvalue weighted by Crippen LogP contribution is 2.41. The molecule has 0 aliphatic carbocycles. The molecule has 1 aliphatic rings. The number of hydrogen-bond donors (Lipinski definition) is 1. The monoisotopic (exact) mass is 388 g/mol. The Hall–Kier alpha value is -2.06. The van der Waals surface area contributed by atoms with Gasteiger partial charge in [0.05, 0.1) is 19.8 Å². The number of ether oxygens (including phenoxy) is 3. The predicted octanol–water partition coefficient (Wildman–Crippen LogP) is 4.27. The number of hydrogen-bond acceptors (Lipinski definition) is 5. The first-order chi connectivity index (χ1) is 12.8. The van der Waals surface area contributed by atoms with Crippen LogP contribution in [0.25, 0.3) is 0 Å². The molecule has 0 bridgehead atoms. The Balaban J connectivity index is 2.01. The number of rotatable bonds is 7. The van der Waals surface area contributed by atoms with Gasteiger partial charge in [0.2, 0.25) is 0 Å². The Morgan fingerprint density at radius 1 is 1.33 bits per heavy atom. The number of esters is 1. The van der Waals surface area contributed by atoms with Gasteiger partial charge in [-0.3, -0.25) is 4.79 Å². The van der Waals surface area contributed by atoms with E-state index in [1.165, 1.54) is 13.2 Å². The number of para-hydroxylation sites is 1. The van der Waals surface area contributed by atoms with Crippen LogP contribution in [0.3, 0.4) is 0 Å². The summed E-state index contributed by atoms with van der Waals surface area (Å²) in [6.07, 6.45) is -2.20. The zero-order valence-electron chi connectivity index (χ0n) is 14.9. The smallest absolute Gasteiger partial charge is 0.440 e. The molecule has 1 N–H and O–H groups in total. The lowest BCUT2D eigenvalue weighted by Gasteiger charge is -2.37. The summed E-state index contributed by atoms with van der Waals surface area (Å²) in [5.41, 5.74) is 0.305. The van der Waals surface area contributed by atoms with Crippen LogP contribution in [0.5, 0.6) is 5.75 Å². The summed E-state index contributed by atoms with van der Waals surface area (Å²) in [5, 5.41) is 10.0. The van der Waals surface area contributed by atoms with Gasteiger partial charge in [-0.15, -0.1) is 0 Å². The fourth-order valence-corrected chi connectivity index (χ4v) is 2.86. The van der Waals surface area contributed by atoms with Crippen molar-refractivity contribution in [3.63, 3.8) is 0 Å². The van der Waals surface area contributed by atoms with Crippen molar-refractivity contribution in [2.45, 2.75) is 44.3 Å². The first kappa shape index (κ1) is 21.2. The third kappa shape index (κ3) is 6.25. The molecule has 0 amide bonds. The van der Waals surface area contributed by atoms with E-state index < -0.39 is 18.6 Å². The second kappa shape index (κ2) is 9.75. The number of carbonyl (C=O) groups is 1. The van der Waals surface area contributed by atoms with Crippen LogP contribution in [-0.4, -0.2) is 37.3 Å². The third-order valence-corrected chi connectivity index (χ3v) is 4.26. The molecule has 1 saturated heterocycles. The molecule has 1 aromatic carbocycles. The highest BCUT2D eigenvalue weighted by Gasteiger charge is 2.48. The minimum absolute atomic E-state index is 0.114. The summed E-state index contributed by atoms with van der Waals surface area (Å²) in [7, 11) is 1.33. The Bertz CT molecular complexity index is 644. The van der Waals surface area contributed by atoms with Crippen LogP contribution in [0.15, 0.2) is 36.4 Å². The maximum absolute atomic E-state index is 13.0. The lowest BCUT2D eigenvalue weighted by molar-refractivity contribution is -0.353. The van der Waals surface area contributed by atoms with E-state index >= 15 is 0 Å². The van der Waals surface area contributed by atoms with Crippen molar-refractivity contribution in [3.8, 4) is 5.75 Å². The van der Waals surface area contributed by atoms with E-state index in [2.05, 4.69) is 4.74 Å². The number of phenolic OH excluding ortho intramolecular Hbond substituents is 1. The zero-order chi connectivity index (χ0) is 19.9. The number of unbranched alkanes of at least 4 members (excludes halogenated alkanes) is 1. The molecule has 1 aromatic rings. The molecule has 1 fully saturated rings. The first-order valence-corrected chi connectivity index (χ1v) is 8.66. The molecule has 5 nitrogen and oxygen atoms in total.